The summed E-state index contributed by atoms with van der Waals surface area (Å²) >= 11 is 0. The molecule has 1 aliphatic heterocycles. The Labute approximate surface area is 79.5 Å². The Kier molecular flexibility index (Phi) is 1.87. The maximum atomic E-state index is 4.01. The number of benzene rings is 1. The van der Waals surface area contributed by atoms with E-state index >= 15 is 0 Å². The van der Waals surface area contributed by atoms with Gasteiger partial charge in [-0.1, -0.05) is 37.3 Å². The third-order valence-corrected chi connectivity index (χ3v) is 2.79. The van der Waals surface area contributed by atoms with E-state index in [0.29, 0.717) is 12.0 Å². The Balaban J connectivity index is 2.38. The number of nitrogens with one attached hydrogen (secondary N) is 1. The van der Waals surface area contributed by atoms with E-state index in [-0.39, 0.29) is 0 Å². The highest BCUT2D eigenvalue weighted by Gasteiger charge is 2.27. The molecular formula is C12H15N. The molecule has 2 rings (SSSR count). The second kappa shape index (κ2) is 2.91. The van der Waals surface area contributed by atoms with Crippen LogP contribution in [-0.4, -0.2) is 6.04 Å². The van der Waals surface area contributed by atoms with E-state index in [1.54, 1.807) is 0 Å². The highest BCUT2D eigenvalue weighted by atomic mass is 15.0. The topological polar surface area (TPSA) is 12.0 Å². The molecular weight excluding hydrogens is 158 g/mol. The average Bonchev–Trinajstić information content (AvgIpc) is 2.45. The monoisotopic (exact) mass is 173 g/mol. The first-order valence-electron chi connectivity index (χ1n) is 4.71. The van der Waals surface area contributed by atoms with Crippen LogP contribution in [0.1, 0.15) is 25.3 Å². The van der Waals surface area contributed by atoms with Gasteiger partial charge < -0.3 is 5.32 Å². The second-order valence-electron chi connectivity index (χ2n) is 3.84. The van der Waals surface area contributed by atoms with Crippen LogP contribution in [0.25, 0.3) is 0 Å². The lowest BCUT2D eigenvalue weighted by atomic mass is 9.94. The summed E-state index contributed by atoms with van der Waals surface area (Å²) in [7, 11) is 0. The molecule has 68 valence electrons. The van der Waals surface area contributed by atoms with Gasteiger partial charge in [0.15, 0.2) is 0 Å². The first-order valence-corrected chi connectivity index (χ1v) is 4.71. The number of fused-ring (bicyclic) bond motifs is 1. The number of para-hydroxylation sites is 1. The summed E-state index contributed by atoms with van der Waals surface area (Å²) in [5.41, 5.74) is 3.89. The molecule has 0 fully saturated rings. The standard InChI is InChI=1S/C12H15N/c1-8(2)12-9(3)10-6-4-5-7-11(10)13-12/h4-7,9,12-13H,1H2,2-3H3. The number of anilines is 1. The van der Waals surface area contributed by atoms with E-state index < -0.39 is 0 Å². The number of rotatable bonds is 1. The molecule has 1 aromatic rings. The molecule has 1 N–H and O–H groups in total. The maximum absolute atomic E-state index is 4.01. The summed E-state index contributed by atoms with van der Waals surface area (Å²) in [5.74, 6) is 0.550. The van der Waals surface area contributed by atoms with Crippen LogP contribution in [0.2, 0.25) is 0 Å². The quantitative estimate of drug-likeness (QED) is 0.643. The summed E-state index contributed by atoms with van der Waals surface area (Å²) < 4.78 is 0. The number of hydrogen-bond acceptors (Lipinski definition) is 1. The Bertz CT molecular complexity index is 341. The van der Waals surface area contributed by atoms with E-state index in [1.807, 2.05) is 0 Å². The molecule has 0 spiro atoms. The minimum Gasteiger partial charge on any atom is -0.378 e. The predicted octanol–water partition coefficient (Wildman–Crippen LogP) is 3.16. The molecule has 1 heterocycles. The molecule has 0 radical (unpaired) electrons. The van der Waals surface area contributed by atoms with Gasteiger partial charge in [0, 0.05) is 11.6 Å². The van der Waals surface area contributed by atoms with Gasteiger partial charge in [0.1, 0.15) is 0 Å². The molecule has 1 aromatic carbocycles. The zero-order valence-electron chi connectivity index (χ0n) is 8.17. The summed E-state index contributed by atoms with van der Waals surface area (Å²) in [5, 5.41) is 3.48. The fourth-order valence-corrected chi connectivity index (χ4v) is 2.05. The molecule has 0 saturated heterocycles. The van der Waals surface area contributed by atoms with Gasteiger partial charge in [0.25, 0.3) is 0 Å². The van der Waals surface area contributed by atoms with Gasteiger partial charge in [-0.15, -0.1) is 0 Å². The zero-order chi connectivity index (χ0) is 9.42. The van der Waals surface area contributed by atoms with Crippen molar-refractivity contribution in [2.24, 2.45) is 0 Å². The van der Waals surface area contributed by atoms with Crippen LogP contribution in [0.15, 0.2) is 36.4 Å². The smallest absolute Gasteiger partial charge is 0.0535 e. The van der Waals surface area contributed by atoms with E-state index in [4.69, 9.17) is 0 Å². The van der Waals surface area contributed by atoms with Gasteiger partial charge >= 0.3 is 0 Å². The summed E-state index contributed by atoms with van der Waals surface area (Å²) in [6.45, 7) is 8.34. The summed E-state index contributed by atoms with van der Waals surface area (Å²) in [6, 6.07) is 8.90. The highest BCUT2D eigenvalue weighted by molar-refractivity contribution is 5.60. The van der Waals surface area contributed by atoms with Crippen molar-refractivity contribution in [3.63, 3.8) is 0 Å². The Morgan fingerprint density at radius 1 is 1.38 bits per heavy atom. The van der Waals surface area contributed by atoms with Gasteiger partial charge in [-0.2, -0.15) is 0 Å². The fraction of sp³-hybridized carbons (Fsp3) is 0.333. The highest BCUT2D eigenvalue weighted by Crippen LogP contribution is 2.37. The van der Waals surface area contributed by atoms with Crippen molar-refractivity contribution < 1.29 is 0 Å². The van der Waals surface area contributed by atoms with Crippen LogP contribution in [-0.2, 0) is 0 Å². The van der Waals surface area contributed by atoms with Crippen LogP contribution in [0.3, 0.4) is 0 Å². The van der Waals surface area contributed by atoms with Crippen LogP contribution >= 0.6 is 0 Å². The fourth-order valence-electron chi connectivity index (χ4n) is 2.05. The molecule has 0 saturated carbocycles. The van der Waals surface area contributed by atoms with Crippen molar-refractivity contribution in [3.8, 4) is 0 Å². The lowest BCUT2D eigenvalue weighted by Gasteiger charge is -2.15. The molecule has 1 heteroatoms. The minimum absolute atomic E-state index is 0.414. The van der Waals surface area contributed by atoms with Gasteiger partial charge in [-0.3, -0.25) is 0 Å². The van der Waals surface area contributed by atoms with E-state index in [9.17, 15) is 0 Å². The van der Waals surface area contributed by atoms with Crippen molar-refractivity contribution in [3.05, 3.63) is 42.0 Å². The maximum Gasteiger partial charge on any atom is 0.0535 e. The van der Waals surface area contributed by atoms with Gasteiger partial charge in [0.2, 0.25) is 0 Å². The van der Waals surface area contributed by atoms with Crippen LogP contribution in [0.5, 0.6) is 0 Å². The zero-order valence-corrected chi connectivity index (χ0v) is 8.17. The third kappa shape index (κ3) is 1.24. The minimum atomic E-state index is 0.414. The Hall–Kier alpha value is -1.24. The summed E-state index contributed by atoms with van der Waals surface area (Å²) in [4.78, 5) is 0. The summed E-state index contributed by atoms with van der Waals surface area (Å²) in [6.07, 6.45) is 0. The van der Waals surface area contributed by atoms with Gasteiger partial charge in [0.05, 0.1) is 6.04 Å². The SMILES string of the molecule is C=C(C)C1Nc2ccccc2C1C. The van der Waals surface area contributed by atoms with E-state index in [2.05, 4.69) is 50.0 Å². The molecule has 0 aromatic heterocycles. The first-order chi connectivity index (χ1) is 6.20. The van der Waals surface area contributed by atoms with Gasteiger partial charge in [-0.25, -0.2) is 0 Å². The van der Waals surface area contributed by atoms with Crippen molar-refractivity contribution in [2.45, 2.75) is 25.8 Å². The van der Waals surface area contributed by atoms with Crippen LogP contribution in [0, 0.1) is 0 Å². The molecule has 1 aliphatic rings. The normalized spacial score (nSPS) is 25.1. The molecule has 0 amide bonds. The first kappa shape index (κ1) is 8.36. The van der Waals surface area contributed by atoms with Crippen LogP contribution in [0.4, 0.5) is 5.69 Å². The molecule has 2 atom stereocenters. The molecule has 2 unspecified atom stereocenters. The molecule has 1 nitrogen and oxygen atoms in total. The van der Waals surface area contributed by atoms with Crippen molar-refractivity contribution in [1.29, 1.82) is 0 Å². The lowest BCUT2D eigenvalue weighted by molar-refractivity contribution is 0.713. The molecule has 13 heavy (non-hydrogen) atoms. The third-order valence-electron chi connectivity index (χ3n) is 2.79. The van der Waals surface area contributed by atoms with Crippen molar-refractivity contribution in [1.82, 2.24) is 0 Å². The van der Waals surface area contributed by atoms with Crippen molar-refractivity contribution >= 4 is 5.69 Å². The Morgan fingerprint density at radius 2 is 2.08 bits per heavy atom. The van der Waals surface area contributed by atoms with Crippen molar-refractivity contribution in [2.75, 3.05) is 5.32 Å². The largest absolute Gasteiger partial charge is 0.378 e. The predicted molar refractivity (Wildman–Crippen MR) is 57.1 cm³/mol. The average molecular weight is 173 g/mol. The van der Waals surface area contributed by atoms with Crippen LogP contribution < -0.4 is 5.32 Å². The van der Waals surface area contributed by atoms with Gasteiger partial charge in [-0.05, 0) is 18.6 Å². The van der Waals surface area contributed by atoms with E-state index in [1.165, 1.54) is 16.8 Å². The number of hydrogen-bond donors (Lipinski definition) is 1. The molecule has 0 bridgehead atoms. The molecule has 0 aliphatic carbocycles. The Morgan fingerprint density at radius 3 is 2.69 bits per heavy atom. The second-order valence-corrected chi connectivity index (χ2v) is 3.84. The lowest BCUT2D eigenvalue weighted by Crippen LogP contribution is -2.19. The van der Waals surface area contributed by atoms with E-state index in [0.717, 1.165) is 0 Å².